The average Bonchev–Trinajstić information content (AvgIpc) is 3.30. The maximum absolute atomic E-state index is 11.8. The first-order valence-electron chi connectivity index (χ1n) is 11.1. The molecular formula is C27H31NO3. The number of pyridine rings is 1. The van der Waals surface area contributed by atoms with Gasteiger partial charge in [-0.25, -0.2) is 9.78 Å². The van der Waals surface area contributed by atoms with E-state index in [2.05, 4.69) is 62.2 Å². The summed E-state index contributed by atoms with van der Waals surface area (Å²) in [4.78, 5) is 16.1. The molecule has 162 valence electrons. The summed E-state index contributed by atoms with van der Waals surface area (Å²) >= 11 is 0. The molecule has 0 saturated heterocycles. The molecule has 1 unspecified atom stereocenters. The van der Waals surface area contributed by atoms with Gasteiger partial charge in [0, 0.05) is 17.5 Å². The fourth-order valence-electron chi connectivity index (χ4n) is 4.43. The van der Waals surface area contributed by atoms with Gasteiger partial charge in [0.2, 0.25) is 0 Å². The van der Waals surface area contributed by atoms with Crippen LogP contribution in [0.25, 0.3) is 10.8 Å². The molecule has 0 spiro atoms. The summed E-state index contributed by atoms with van der Waals surface area (Å²) in [6.07, 6.45) is 6.63. The lowest BCUT2D eigenvalue weighted by Crippen LogP contribution is -2.17. The van der Waals surface area contributed by atoms with Crippen molar-refractivity contribution in [3.8, 4) is 5.75 Å². The number of fused-ring (bicyclic) bond motifs is 1. The standard InChI is InChI=1S/C27H31NO3/c1-27(2,3)22-11-13-23(14-12-22)31-25(18-7-5-6-8-18)20-10-9-19-16-24(26(29)30-4)28-17-21(19)15-20/h9-18,25H,5-8H2,1-4H3. The summed E-state index contributed by atoms with van der Waals surface area (Å²) in [5.74, 6) is 0.989. The normalized spacial score (nSPS) is 15.7. The minimum absolute atomic E-state index is 0.00710. The number of methoxy groups -OCH3 is 1. The van der Waals surface area contributed by atoms with E-state index in [-0.39, 0.29) is 11.5 Å². The monoisotopic (exact) mass is 417 g/mol. The molecule has 0 bridgehead atoms. The predicted molar refractivity (Wildman–Crippen MR) is 124 cm³/mol. The third-order valence-electron chi connectivity index (χ3n) is 6.28. The Morgan fingerprint density at radius 3 is 2.35 bits per heavy atom. The third-order valence-corrected chi connectivity index (χ3v) is 6.28. The first kappa shape index (κ1) is 21.4. The van der Waals surface area contributed by atoms with Gasteiger partial charge in [0.15, 0.2) is 0 Å². The zero-order chi connectivity index (χ0) is 22.0. The van der Waals surface area contributed by atoms with Crippen LogP contribution in [0.4, 0.5) is 0 Å². The Balaban J connectivity index is 1.64. The van der Waals surface area contributed by atoms with Crippen molar-refractivity contribution in [2.24, 2.45) is 5.92 Å². The van der Waals surface area contributed by atoms with Crippen molar-refractivity contribution >= 4 is 16.7 Å². The van der Waals surface area contributed by atoms with Gasteiger partial charge in [-0.2, -0.15) is 0 Å². The number of benzene rings is 2. The first-order valence-corrected chi connectivity index (χ1v) is 11.1. The molecule has 3 aromatic rings. The Labute approximate surface area is 184 Å². The largest absolute Gasteiger partial charge is 0.485 e. The van der Waals surface area contributed by atoms with E-state index in [1.165, 1.54) is 38.4 Å². The average molecular weight is 418 g/mol. The van der Waals surface area contributed by atoms with Gasteiger partial charge in [-0.1, -0.05) is 57.9 Å². The number of ether oxygens (including phenoxy) is 2. The van der Waals surface area contributed by atoms with Crippen molar-refractivity contribution in [2.75, 3.05) is 7.11 Å². The molecule has 4 heteroatoms. The van der Waals surface area contributed by atoms with Crippen molar-refractivity contribution in [2.45, 2.75) is 58.0 Å². The fourth-order valence-corrected chi connectivity index (χ4v) is 4.43. The van der Waals surface area contributed by atoms with Crippen LogP contribution in [0, 0.1) is 5.92 Å². The lowest BCUT2D eigenvalue weighted by atomic mass is 9.87. The van der Waals surface area contributed by atoms with Crippen molar-refractivity contribution in [3.63, 3.8) is 0 Å². The minimum Gasteiger partial charge on any atom is -0.485 e. The molecule has 1 aliphatic carbocycles. The van der Waals surface area contributed by atoms with Gasteiger partial charge in [-0.3, -0.25) is 0 Å². The molecule has 0 N–H and O–H groups in total. The summed E-state index contributed by atoms with van der Waals surface area (Å²) in [5, 5.41) is 1.97. The number of hydrogen-bond donors (Lipinski definition) is 0. The number of aromatic nitrogens is 1. The first-order chi connectivity index (χ1) is 14.8. The lowest BCUT2D eigenvalue weighted by molar-refractivity contribution is 0.0594. The lowest BCUT2D eigenvalue weighted by Gasteiger charge is -2.26. The molecule has 0 amide bonds. The van der Waals surface area contributed by atoms with E-state index in [1.807, 2.05) is 6.07 Å². The molecule has 2 aromatic carbocycles. The van der Waals surface area contributed by atoms with Crippen LogP contribution in [-0.2, 0) is 10.2 Å². The highest BCUT2D eigenvalue weighted by molar-refractivity contribution is 5.93. The minimum atomic E-state index is -0.420. The summed E-state index contributed by atoms with van der Waals surface area (Å²) in [7, 11) is 1.37. The van der Waals surface area contributed by atoms with E-state index in [0.717, 1.165) is 22.1 Å². The molecule has 1 atom stereocenters. The maximum Gasteiger partial charge on any atom is 0.356 e. The molecule has 1 saturated carbocycles. The fraction of sp³-hybridized carbons (Fsp3) is 0.407. The number of nitrogens with zero attached hydrogens (tertiary/aromatic N) is 1. The van der Waals surface area contributed by atoms with Crippen molar-refractivity contribution < 1.29 is 14.3 Å². The van der Waals surface area contributed by atoms with Crippen LogP contribution >= 0.6 is 0 Å². The van der Waals surface area contributed by atoms with E-state index < -0.39 is 5.97 Å². The highest BCUT2D eigenvalue weighted by Crippen LogP contribution is 2.40. The highest BCUT2D eigenvalue weighted by atomic mass is 16.5. The van der Waals surface area contributed by atoms with Gasteiger partial charge in [0.1, 0.15) is 17.5 Å². The highest BCUT2D eigenvalue weighted by Gasteiger charge is 2.28. The van der Waals surface area contributed by atoms with Crippen molar-refractivity contribution in [3.05, 3.63) is 71.5 Å². The summed E-state index contributed by atoms with van der Waals surface area (Å²) < 4.78 is 11.4. The van der Waals surface area contributed by atoms with Gasteiger partial charge in [0.05, 0.1) is 7.11 Å². The quantitative estimate of drug-likeness (QED) is 0.437. The van der Waals surface area contributed by atoms with E-state index >= 15 is 0 Å². The summed E-state index contributed by atoms with van der Waals surface area (Å²) in [6, 6.07) is 16.6. The number of carbonyl (C=O) groups excluding carboxylic acids is 1. The van der Waals surface area contributed by atoms with Crippen LogP contribution in [0.5, 0.6) is 5.75 Å². The zero-order valence-corrected chi connectivity index (χ0v) is 18.9. The second-order valence-corrected chi connectivity index (χ2v) is 9.53. The van der Waals surface area contributed by atoms with Crippen molar-refractivity contribution in [1.82, 2.24) is 4.98 Å². The van der Waals surface area contributed by atoms with E-state index in [0.29, 0.717) is 11.6 Å². The Morgan fingerprint density at radius 1 is 1.00 bits per heavy atom. The molecule has 4 nitrogen and oxygen atoms in total. The third kappa shape index (κ3) is 4.73. The molecule has 1 aliphatic rings. The van der Waals surface area contributed by atoms with E-state index in [9.17, 15) is 4.79 Å². The smallest absolute Gasteiger partial charge is 0.356 e. The van der Waals surface area contributed by atoms with E-state index in [4.69, 9.17) is 9.47 Å². The van der Waals surface area contributed by atoms with Crippen LogP contribution in [0.3, 0.4) is 0 Å². The molecule has 4 rings (SSSR count). The Kier molecular flexibility index (Phi) is 5.99. The zero-order valence-electron chi connectivity index (χ0n) is 18.9. The molecule has 1 fully saturated rings. The van der Waals surface area contributed by atoms with Crippen LogP contribution < -0.4 is 4.74 Å². The summed E-state index contributed by atoms with van der Waals surface area (Å²) in [6.45, 7) is 6.66. The van der Waals surface area contributed by atoms with Gasteiger partial charge in [-0.15, -0.1) is 0 Å². The van der Waals surface area contributed by atoms with E-state index in [1.54, 1.807) is 12.3 Å². The van der Waals surface area contributed by atoms with Crippen LogP contribution in [0.1, 0.15) is 74.2 Å². The van der Waals surface area contributed by atoms with Crippen LogP contribution in [0.2, 0.25) is 0 Å². The number of rotatable bonds is 5. The molecule has 0 aliphatic heterocycles. The predicted octanol–water partition coefficient (Wildman–Crippen LogP) is 6.63. The van der Waals surface area contributed by atoms with Crippen LogP contribution in [0.15, 0.2) is 54.7 Å². The Bertz CT molecular complexity index is 1060. The van der Waals surface area contributed by atoms with Crippen molar-refractivity contribution in [1.29, 1.82) is 0 Å². The molecule has 1 aromatic heterocycles. The molecular weight excluding hydrogens is 386 g/mol. The van der Waals surface area contributed by atoms with Gasteiger partial charge < -0.3 is 9.47 Å². The Hall–Kier alpha value is -2.88. The number of esters is 1. The molecule has 1 heterocycles. The SMILES string of the molecule is COC(=O)c1cc2ccc(C(Oc3ccc(C(C)(C)C)cc3)C3CCCC3)cc2cn1. The van der Waals surface area contributed by atoms with Gasteiger partial charge in [-0.05, 0) is 59.0 Å². The second kappa shape index (κ2) is 8.70. The molecule has 31 heavy (non-hydrogen) atoms. The topological polar surface area (TPSA) is 48.4 Å². The number of hydrogen-bond acceptors (Lipinski definition) is 4. The second-order valence-electron chi connectivity index (χ2n) is 9.53. The molecule has 0 radical (unpaired) electrons. The maximum atomic E-state index is 11.8. The Morgan fingerprint density at radius 2 is 1.71 bits per heavy atom. The van der Waals surface area contributed by atoms with Gasteiger partial charge in [0.25, 0.3) is 0 Å². The summed E-state index contributed by atoms with van der Waals surface area (Å²) in [5.41, 5.74) is 2.91. The van der Waals surface area contributed by atoms with Crippen LogP contribution in [-0.4, -0.2) is 18.1 Å². The van der Waals surface area contributed by atoms with Gasteiger partial charge >= 0.3 is 5.97 Å². The number of carbonyl (C=O) groups is 1.